The second-order valence-corrected chi connectivity index (χ2v) is 7.98. The highest BCUT2D eigenvalue weighted by Gasteiger charge is 2.14. The number of rotatable bonds is 9. The molecule has 9 heteroatoms. The third-order valence-corrected chi connectivity index (χ3v) is 4.80. The zero-order chi connectivity index (χ0) is 25.0. The van der Waals surface area contributed by atoms with Gasteiger partial charge in [-0.25, -0.2) is 0 Å². The molecule has 0 aliphatic carbocycles. The quantitative estimate of drug-likeness (QED) is 0.239. The highest BCUT2D eigenvalue weighted by Crippen LogP contribution is 2.18. The van der Waals surface area contributed by atoms with Crippen LogP contribution in [0.2, 0.25) is 0 Å². The van der Waals surface area contributed by atoms with E-state index in [0.717, 1.165) is 16.9 Å². The average Bonchev–Trinajstić information content (AvgIpc) is 2.84. The van der Waals surface area contributed by atoms with E-state index >= 15 is 0 Å². The van der Waals surface area contributed by atoms with Gasteiger partial charge in [0.1, 0.15) is 30.5 Å². The minimum Gasteiger partial charge on any atom is -0.490 e. The van der Waals surface area contributed by atoms with E-state index in [4.69, 9.17) is 26.4 Å². The van der Waals surface area contributed by atoms with Gasteiger partial charge >= 0.3 is 0 Å². The zero-order valence-electron chi connectivity index (χ0n) is 19.5. The fourth-order valence-electron chi connectivity index (χ4n) is 3.14. The first kappa shape index (κ1) is 25.5. The lowest BCUT2D eigenvalue weighted by Crippen LogP contribution is -2.49. The molecule has 3 rings (SSSR count). The minimum absolute atomic E-state index is 0.0723. The van der Waals surface area contributed by atoms with Crippen molar-refractivity contribution in [3.8, 4) is 17.2 Å². The molecule has 0 radical (unpaired) electrons. The maximum absolute atomic E-state index is 12.7. The molecule has 0 fully saturated rings. The highest BCUT2D eigenvalue weighted by atomic mass is 32.1. The molecule has 0 bridgehead atoms. The van der Waals surface area contributed by atoms with E-state index in [1.807, 2.05) is 62.4 Å². The third kappa shape index (κ3) is 8.63. The summed E-state index contributed by atoms with van der Waals surface area (Å²) in [4.78, 5) is 24.7. The third-order valence-electron chi connectivity index (χ3n) is 4.59. The van der Waals surface area contributed by atoms with Gasteiger partial charge in [0.25, 0.3) is 11.8 Å². The van der Waals surface area contributed by atoms with Crippen LogP contribution in [0.15, 0.2) is 72.8 Å². The lowest BCUT2D eigenvalue weighted by molar-refractivity contribution is -0.123. The SMILES string of the molecule is Cc1cc(C)cc(OCC(=O)NNC(=S)NC(=O)c2ccccc2OCCOc2ccccc2)c1. The number of hydrogen-bond donors (Lipinski definition) is 3. The number of amides is 2. The summed E-state index contributed by atoms with van der Waals surface area (Å²) in [5.74, 6) is 0.778. The summed E-state index contributed by atoms with van der Waals surface area (Å²) in [6.07, 6.45) is 0. The predicted molar refractivity (Wildman–Crippen MR) is 137 cm³/mol. The lowest BCUT2D eigenvalue weighted by atomic mass is 10.1. The Kier molecular flexibility index (Phi) is 9.44. The number of aryl methyl sites for hydroxylation is 2. The second-order valence-electron chi connectivity index (χ2n) is 7.57. The van der Waals surface area contributed by atoms with Gasteiger partial charge in [-0.1, -0.05) is 36.4 Å². The summed E-state index contributed by atoms with van der Waals surface area (Å²) in [7, 11) is 0. The van der Waals surface area contributed by atoms with Crippen LogP contribution >= 0.6 is 12.2 Å². The van der Waals surface area contributed by atoms with Gasteiger partial charge in [-0.05, 0) is 73.6 Å². The van der Waals surface area contributed by atoms with E-state index in [0.29, 0.717) is 23.7 Å². The molecule has 182 valence electrons. The summed E-state index contributed by atoms with van der Waals surface area (Å²) < 4.78 is 16.8. The van der Waals surface area contributed by atoms with Crippen LogP contribution in [0.3, 0.4) is 0 Å². The number of carbonyl (C=O) groups excluding carboxylic acids is 2. The van der Waals surface area contributed by atoms with Crippen molar-refractivity contribution in [3.63, 3.8) is 0 Å². The van der Waals surface area contributed by atoms with Gasteiger partial charge in [0.05, 0.1) is 5.56 Å². The molecule has 0 aliphatic heterocycles. The number of carbonyl (C=O) groups is 2. The van der Waals surface area contributed by atoms with Gasteiger partial charge in [0.15, 0.2) is 11.7 Å². The van der Waals surface area contributed by atoms with E-state index in [1.165, 1.54) is 0 Å². The van der Waals surface area contributed by atoms with Crippen molar-refractivity contribution in [2.75, 3.05) is 19.8 Å². The first-order valence-electron chi connectivity index (χ1n) is 10.9. The van der Waals surface area contributed by atoms with Crippen molar-refractivity contribution in [1.29, 1.82) is 0 Å². The largest absolute Gasteiger partial charge is 0.490 e. The van der Waals surface area contributed by atoms with Crippen LogP contribution in [-0.4, -0.2) is 36.7 Å². The molecule has 0 aromatic heterocycles. The maximum atomic E-state index is 12.7. The zero-order valence-corrected chi connectivity index (χ0v) is 20.3. The Morgan fingerprint density at radius 2 is 1.43 bits per heavy atom. The monoisotopic (exact) mass is 493 g/mol. The molecule has 0 heterocycles. The Balaban J connectivity index is 1.42. The van der Waals surface area contributed by atoms with Crippen molar-refractivity contribution in [1.82, 2.24) is 16.2 Å². The number of ether oxygens (including phenoxy) is 3. The summed E-state index contributed by atoms with van der Waals surface area (Å²) >= 11 is 5.10. The number of para-hydroxylation sites is 2. The van der Waals surface area contributed by atoms with E-state index < -0.39 is 11.8 Å². The number of nitrogens with one attached hydrogen (secondary N) is 3. The summed E-state index contributed by atoms with van der Waals surface area (Å²) in [6, 6.07) is 21.8. The van der Waals surface area contributed by atoms with Gasteiger partial charge in [-0.2, -0.15) is 0 Å². The molecule has 3 aromatic carbocycles. The second kappa shape index (κ2) is 13.0. The van der Waals surface area contributed by atoms with Crippen LogP contribution in [0, 0.1) is 13.8 Å². The van der Waals surface area contributed by atoms with E-state index in [2.05, 4.69) is 16.2 Å². The Morgan fingerprint density at radius 1 is 0.771 bits per heavy atom. The topological polar surface area (TPSA) is 97.9 Å². The van der Waals surface area contributed by atoms with Gasteiger partial charge in [-0.3, -0.25) is 25.8 Å². The van der Waals surface area contributed by atoms with Crippen molar-refractivity contribution in [2.24, 2.45) is 0 Å². The molecule has 0 spiro atoms. The van der Waals surface area contributed by atoms with Crippen LogP contribution in [0.5, 0.6) is 17.2 Å². The fourth-order valence-corrected chi connectivity index (χ4v) is 3.28. The predicted octanol–water partition coefficient (Wildman–Crippen LogP) is 3.48. The molecule has 8 nitrogen and oxygen atoms in total. The Bertz CT molecular complexity index is 1150. The molecular weight excluding hydrogens is 466 g/mol. The minimum atomic E-state index is -0.484. The Morgan fingerprint density at radius 3 is 2.17 bits per heavy atom. The molecular formula is C26H27N3O5S. The van der Waals surface area contributed by atoms with Crippen molar-refractivity contribution in [3.05, 3.63) is 89.5 Å². The molecule has 0 unspecified atom stereocenters. The molecule has 3 N–H and O–H groups in total. The number of benzene rings is 3. The molecule has 3 aromatic rings. The average molecular weight is 494 g/mol. The smallest absolute Gasteiger partial charge is 0.276 e. The summed E-state index contributed by atoms with van der Waals surface area (Å²) in [5, 5.41) is 2.44. The van der Waals surface area contributed by atoms with Crippen LogP contribution in [0.1, 0.15) is 21.5 Å². The standard InChI is InChI=1S/C26H27N3O5S/c1-18-14-19(2)16-21(15-18)34-17-24(30)28-29-26(35)27-25(31)22-10-6-7-11-23(22)33-13-12-32-20-8-4-3-5-9-20/h3-11,14-16H,12-13,17H2,1-2H3,(H,28,30)(H2,27,29,31,35). The Hall–Kier alpha value is -4.11. The summed E-state index contributed by atoms with van der Waals surface area (Å²) in [5.41, 5.74) is 7.25. The molecule has 0 saturated carbocycles. The summed E-state index contributed by atoms with van der Waals surface area (Å²) in [6.45, 7) is 4.25. The number of thiocarbonyl (C=S) groups is 1. The van der Waals surface area contributed by atoms with Crippen LogP contribution < -0.4 is 30.4 Å². The fraction of sp³-hybridized carbons (Fsp3) is 0.192. The van der Waals surface area contributed by atoms with Crippen molar-refractivity contribution >= 4 is 29.1 Å². The number of hydrazine groups is 1. The van der Waals surface area contributed by atoms with E-state index in [1.54, 1.807) is 24.3 Å². The molecule has 2 amide bonds. The maximum Gasteiger partial charge on any atom is 0.276 e. The van der Waals surface area contributed by atoms with Crippen molar-refractivity contribution in [2.45, 2.75) is 13.8 Å². The molecule has 35 heavy (non-hydrogen) atoms. The first-order valence-corrected chi connectivity index (χ1v) is 11.3. The van der Waals surface area contributed by atoms with Gasteiger partial charge < -0.3 is 14.2 Å². The first-order chi connectivity index (χ1) is 16.9. The van der Waals surface area contributed by atoms with Crippen LogP contribution in [-0.2, 0) is 4.79 Å². The highest BCUT2D eigenvalue weighted by molar-refractivity contribution is 7.80. The van der Waals surface area contributed by atoms with E-state index in [-0.39, 0.29) is 18.3 Å². The van der Waals surface area contributed by atoms with Crippen molar-refractivity contribution < 1.29 is 23.8 Å². The molecule has 0 saturated heterocycles. The molecule has 0 atom stereocenters. The van der Waals surface area contributed by atoms with E-state index in [9.17, 15) is 9.59 Å². The van der Waals surface area contributed by atoms with Gasteiger partial charge in [-0.15, -0.1) is 0 Å². The van der Waals surface area contributed by atoms with Gasteiger partial charge in [0, 0.05) is 0 Å². The van der Waals surface area contributed by atoms with Crippen LogP contribution in [0.25, 0.3) is 0 Å². The van der Waals surface area contributed by atoms with Gasteiger partial charge in [0.2, 0.25) is 0 Å². The molecule has 0 aliphatic rings. The normalized spacial score (nSPS) is 10.1. The number of hydrogen-bond acceptors (Lipinski definition) is 6. The van der Waals surface area contributed by atoms with Crippen LogP contribution in [0.4, 0.5) is 0 Å². The lowest BCUT2D eigenvalue weighted by Gasteiger charge is -2.14. The Labute approximate surface area is 209 Å².